The van der Waals surface area contributed by atoms with Crippen molar-refractivity contribution in [3.63, 3.8) is 0 Å². The summed E-state index contributed by atoms with van der Waals surface area (Å²) in [6, 6.07) is 7.84. The molecule has 4 N–H and O–H groups in total. The van der Waals surface area contributed by atoms with E-state index < -0.39 is 17.2 Å². The lowest BCUT2D eigenvalue weighted by molar-refractivity contribution is -0.339. The van der Waals surface area contributed by atoms with Crippen LogP contribution in [0.5, 0.6) is 5.75 Å². The number of aliphatic hydroxyl groups is 4. The van der Waals surface area contributed by atoms with Crippen molar-refractivity contribution < 1.29 is 29.9 Å². The van der Waals surface area contributed by atoms with Crippen LogP contribution in [-0.2, 0) is 16.6 Å². The molecule has 1 aliphatic carbocycles. The van der Waals surface area contributed by atoms with E-state index in [2.05, 4.69) is 4.98 Å². The van der Waals surface area contributed by atoms with Crippen LogP contribution >= 0.6 is 11.3 Å². The Hall–Kier alpha value is -1.55. The number of aromatic nitrogens is 1. The van der Waals surface area contributed by atoms with Crippen LogP contribution in [-0.4, -0.2) is 56.3 Å². The van der Waals surface area contributed by atoms with E-state index in [9.17, 15) is 20.4 Å². The number of pyridine rings is 1. The largest absolute Gasteiger partial charge is 0.496 e. The second kappa shape index (κ2) is 8.42. The highest BCUT2D eigenvalue weighted by Crippen LogP contribution is 2.54. The first-order valence-corrected chi connectivity index (χ1v) is 11.6. The number of ether oxygens (including phenoxy) is 2. The van der Waals surface area contributed by atoms with Crippen LogP contribution in [0.2, 0.25) is 0 Å². The summed E-state index contributed by atoms with van der Waals surface area (Å²) < 4.78 is 11.4. The lowest BCUT2D eigenvalue weighted by atomic mass is 9.67. The molecule has 2 aromatic rings. The van der Waals surface area contributed by atoms with Crippen molar-refractivity contribution in [2.75, 3.05) is 13.7 Å². The van der Waals surface area contributed by atoms with Gasteiger partial charge in [-0.2, -0.15) is 0 Å². The lowest BCUT2D eigenvalue weighted by Gasteiger charge is -2.46. The first-order valence-electron chi connectivity index (χ1n) is 10.8. The summed E-state index contributed by atoms with van der Waals surface area (Å²) in [5, 5.41) is 42.8. The van der Waals surface area contributed by atoms with Gasteiger partial charge in [-0.1, -0.05) is 12.5 Å². The van der Waals surface area contributed by atoms with Crippen molar-refractivity contribution in [3.05, 3.63) is 46.4 Å². The molecule has 1 atom stereocenters. The van der Waals surface area contributed by atoms with E-state index in [-0.39, 0.29) is 18.3 Å². The van der Waals surface area contributed by atoms with Gasteiger partial charge in [0.1, 0.15) is 5.75 Å². The molecule has 1 saturated carbocycles. The highest BCUT2D eigenvalue weighted by Gasteiger charge is 2.65. The maximum atomic E-state index is 10.2. The number of methoxy groups -OCH3 is 1. The minimum atomic E-state index is -2.60. The molecular formula is C23H31NO6S. The first kappa shape index (κ1) is 22.6. The van der Waals surface area contributed by atoms with E-state index in [0.717, 1.165) is 43.5 Å². The predicted molar refractivity (Wildman–Crippen MR) is 116 cm³/mol. The Kier molecular flexibility index (Phi) is 6.15. The van der Waals surface area contributed by atoms with Gasteiger partial charge in [-0.05, 0) is 55.7 Å². The van der Waals surface area contributed by atoms with Gasteiger partial charge in [-0.25, -0.2) is 0 Å². The Balaban J connectivity index is 1.52. The summed E-state index contributed by atoms with van der Waals surface area (Å²) in [4.78, 5) is 5.87. The first-order chi connectivity index (χ1) is 14.7. The molecule has 1 aliphatic heterocycles. The molecule has 2 fully saturated rings. The molecule has 0 aromatic carbocycles. The number of nitrogens with zero attached hydrogens (tertiary/aromatic N) is 1. The number of aryl methyl sites for hydroxylation is 1. The minimum Gasteiger partial charge on any atom is -0.496 e. The van der Waals surface area contributed by atoms with Crippen molar-refractivity contribution in [2.45, 2.75) is 74.0 Å². The van der Waals surface area contributed by atoms with Crippen LogP contribution in [0.25, 0.3) is 0 Å². The van der Waals surface area contributed by atoms with Gasteiger partial charge in [0.05, 0.1) is 12.7 Å². The van der Waals surface area contributed by atoms with Gasteiger partial charge in [-0.15, -0.1) is 11.3 Å². The number of thiophene rings is 1. The minimum absolute atomic E-state index is 0.242. The van der Waals surface area contributed by atoms with Crippen LogP contribution in [0.3, 0.4) is 0 Å². The molecule has 2 aliphatic rings. The predicted octanol–water partition coefficient (Wildman–Crippen LogP) is 2.51. The van der Waals surface area contributed by atoms with Crippen LogP contribution in [0.15, 0.2) is 35.8 Å². The summed E-state index contributed by atoms with van der Waals surface area (Å²) in [6.45, 7) is 0.404. The van der Waals surface area contributed by atoms with Gasteiger partial charge in [-0.3, -0.25) is 4.98 Å². The zero-order valence-electron chi connectivity index (χ0n) is 17.8. The fourth-order valence-corrected chi connectivity index (χ4v) is 6.25. The molecule has 3 heterocycles. The number of hydrogen-bond donors (Lipinski definition) is 4. The van der Waals surface area contributed by atoms with Gasteiger partial charge < -0.3 is 29.9 Å². The molecule has 0 bridgehead atoms. The Morgan fingerprint density at radius 1 is 1.06 bits per heavy atom. The average Bonchev–Trinajstić information content (AvgIpc) is 3.24. The van der Waals surface area contributed by atoms with E-state index in [4.69, 9.17) is 9.47 Å². The van der Waals surface area contributed by atoms with Gasteiger partial charge >= 0.3 is 0 Å². The summed E-state index contributed by atoms with van der Waals surface area (Å²) in [6.07, 6.45) is 6.25. The molecule has 0 radical (unpaired) electrons. The zero-order chi connectivity index (χ0) is 22.2. The highest BCUT2D eigenvalue weighted by molar-refractivity contribution is 7.10. The summed E-state index contributed by atoms with van der Waals surface area (Å²) >= 11 is 1.70. The normalized spacial score (nSPS) is 26.2. The summed E-state index contributed by atoms with van der Waals surface area (Å²) in [5.41, 5.74) is -0.392. The van der Waals surface area contributed by atoms with Crippen molar-refractivity contribution in [1.29, 1.82) is 0 Å². The van der Waals surface area contributed by atoms with Gasteiger partial charge in [0, 0.05) is 41.6 Å². The third-order valence-electron chi connectivity index (χ3n) is 6.87. The monoisotopic (exact) mass is 449 g/mol. The fraction of sp³-hybridized carbons (Fsp3) is 0.609. The van der Waals surface area contributed by atoms with E-state index in [1.807, 2.05) is 29.6 Å². The molecule has 170 valence electrons. The number of rotatable bonds is 7. The van der Waals surface area contributed by atoms with Crippen LogP contribution in [0.1, 0.15) is 55.5 Å². The van der Waals surface area contributed by atoms with E-state index in [1.54, 1.807) is 24.6 Å². The SMILES string of the molecule is COc1ccsc1CCCC[C@@]1(c2ccccn2)CCOC2(CC(O)(O)C(O)(O)C2)C1. The van der Waals surface area contributed by atoms with Crippen LogP contribution in [0, 0.1) is 0 Å². The molecule has 7 nitrogen and oxygen atoms in total. The van der Waals surface area contributed by atoms with Gasteiger partial charge in [0.15, 0.2) is 0 Å². The molecule has 31 heavy (non-hydrogen) atoms. The topological polar surface area (TPSA) is 112 Å². The number of unbranched alkanes of at least 4 members (excludes halogenated alkanes) is 1. The molecule has 2 aromatic heterocycles. The molecule has 8 heteroatoms. The summed E-state index contributed by atoms with van der Waals surface area (Å²) in [7, 11) is 1.69. The second-order valence-electron chi connectivity index (χ2n) is 9.06. The molecule has 4 rings (SSSR count). The second-order valence-corrected chi connectivity index (χ2v) is 10.1. The van der Waals surface area contributed by atoms with Crippen molar-refractivity contribution in [1.82, 2.24) is 4.98 Å². The Bertz CT molecular complexity index is 867. The van der Waals surface area contributed by atoms with E-state index in [1.165, 1.54) is 4.88 Å². The average molecular weight is 450 g/mol. The molecule has 0 amide bonds. The molecular weight excluding hydrogens is 418 g/mol. The number of hydrogen-bond acceptors (Lipinski definition) is 8. The van der Waals surface area contributed by atoms with Gasteiger partial charge in [0.25, 0.3) is 0 Å². The Labute approximate surface area is 186 Å². The smallest absolute Gasteiger partial charge is 0.221 e. The lowest BCUT2D eigenvalue weighted by Crippen LogP contribution is -2.49. The Morgan fingerprint density at radius 3 is 2.52 bits per heavy atom. The van der Waals surface area contributed by atoms with Crippen LogP contribution < -0.4 is 4.74 Å². The third-order valence-corrected chi connectivity index (χ3v) is 7.83. The summed E-state index contributed by atoms with van der Waals surface area (Å²) in [5.74, 6) is -4.27. The fourth-order valence-electron chi connectivity index (χ4n) is 5.37. The van der Waals surface area contributed by atoms with E-state index >= 15 is 0 Å². The quantitative estimate of drug-likeness (QED) is 0.380. The van der Waals surface area contributed by atoms with Crippen molar-refractivity contribution in [3.8, 4) is 5.75 Å². The highest BCUT2D eigenvalue weighted by atomic mass is 32.1. The van der Waals surface area contributed by atoms with Gasteiger partial charge in [0.2, 0.25) is 11.6 Å². The third kappa shape index (κ3) is 4.37. The molecule has 1 spiro atoms. The molecule has 1 saturated heterocycles. The van der Waals surface area contributed by atoms with Crippen LogP contribution in [0.4, 0.5) is 0 Å². The maximum absolute atomic E-state index is 10.2. The molecule has 0 unspecified atom stereocenters. The van der Waals surface area contributed by atoms with Crippen molar-refractivity contribution in [2.24, 2.45) is 0 Å². The van der Waals surface area contributed by atoms with Crippen molar-refractivity contribution >= 4 is 11.3 Å². The Morgan fingerprint density at radius 2 is 1.84 bits per heavy atom. The zero-order valence-corrected chi connectivity index (χ0v) is 18.6. The standard InChI is InChI=1S/C23H31NO6S/c1-29-17-8-13-31-18(17)6-2-4-9-20(19-7-3-5-11-24-19)10-12-30-21(14-20)15-22(25,26)23(27,28)16-21/h3,5,7-8,11,13,25-28H,2,4,6,9-10,12,14-16H2,1H3/t20-/m1/s1. The van der Waals surface area contributed by atoms with E-state index in [0.29, 0.717) is 13.0 Å². The maximum Gasteiger partial charge on any atom is 0.221 e.